The Bertz CT molecular complexity index is 1230. The molecule has 0 amide bonds. The normalized spacial score (nSPS) is 25.1. The monoisotopic (exact) mass is 439 g/mol. The number of fused-ring (bicyclic) bond motifs is 5. The minimum Gasteiger partial charge on any atom is -0.492 e. The van der Waals surface area contributed by atoms with Crippen LogP contribution in [0.3, 0.4) is 0 Å². The van der Waals surface area contributed by atoms with Gasteiger partial charge in [-0.1, -0.05) is 22.8 Å². The highest BCUT2D eigenvalue weighted by molar-refractivity contribution is 6.32. The molecule has 2 aromatic carbocycles. The largest absolute Gasteiger partial charge is 0.492 e. The van der Waals surface area contributed by atoms with Crippen LogP contribution in [0.25, 0.3) is 0 Å². The molecule has 2 atom stereocenters. The van der Waals surface area contributed by atoms with Gasteiger partial charge in [0.25, 0.3) is 0 Å². The summed E-state index contributed by atoms with van der Waals surface area (Å²) in [5.41, 5.74) is 1.61. The molecule has 1 fully saturated rings. The van der Waals surface area contributed by atoms with Crippen LogP contribution in [0.5, 0.6) is 17.2 Å². The first-order valence-electron chi connectivity index (χ1n) is 10.3. The van der Waals surface area contributed by atoms with Gasteiger partial charge < -0.3 is 28.7 Å². The van der Waals surface area contributed by atoms with Crippen molar-refractivity contribution in [2.45, 2.75) is 36.9 Å². The lowest BCUT2D eigenvalue weighted by Crippen LogP contribution is -2.46. The maximum Gasteiger partial charge on any atom is 0.231 e. The molecule has 1 spiro atoms. The molecule has 1 N–H and O–H groups in total. The van der Waals surface area contributed by atoms with Gasteiger partial charge in [0.2, 0.25) is 12.7 Å². The molecular weight excluding hydrogens is 422 g/mol. The lowest BCUT2D eigenvalue weighted by molar-refractivity contribution is 0.0935. The number of anilines is 1. The molecule has 1 saturated carbocycles. The van der Waals surface area contributed by atoms with E-state index in [2.05, 4.69) is 10.1 Å². The third-order valence-electron chi connectivity index (χ3n) is 6.62. The summed E-state index contributed by atoms with van der Waals surface area (Å²) in [5, 5.41) is 16.4. The standard InChI is InChI=1S/C22H18ClN3O5/c23-13-2-1-3-14-19(13)22(9-28-15-7-17-16(6-12(15)22)29-10-30-17)21(27)26(14)8-18-24-20(31-25-18)11-4-5-11/h1-3,6-7,11,21,27H,4-5,8-10H2. The number of aromatic nitrogens is 2. The third-order valence-corrected chi connectivity index (χ3v) is 6.93. The van der Waals surface area contributed by atoms with Gasteiger partial charge in [-0.05, 0) is 31.0 Å². The predicted octanol–water partition coefficient (Wildman–Crippen LogP) is 3.35. The van der Waals surface area contributed by atoms with Crippen LogP contribution in [0, 0.1) is 0 Å². The van der Waals surface area contributed by atoms with Gasteiger partial charge in [0.15, 0.2) is 17.3 Å². The van der Waals surface area contributed by atoms with E-state index >= 15 is 0 Å². The quantitative estimate of drug-likeness (QED) is 0.664. The lowest BCUT2D eigenvalue weighted by Gasteiger charge is -2.31. The van der Waals surface area contributed by atoms with Gasteiger partial charge in [-0.15, -0.1) is 0 Å². The Hall–Kier alpha value is -2.97. The second-order valence-electron chi connectivity index (χ2n) is 8.42. The van der Waals surface area contributed by atoms with Crippen molar-refractivity contribution in [3.8, 4) is 17.2 Å². The second-order valence-corrected chi connectivity index (χ2v) is 8.83. The molecule has 31 heavy (non-hydrogen) atoms. The van der Waals surface area contributed by atoms with Crippen molar-refractivity contribution in [3.63, 3.8) is 0 Å². The van der Waals surface area contributed by atoms with E-state index in [4.69, 9.17) is 30.3 Å². The molecule has 1 aliphatic carbocycles. The Kier molecular flexibility index (Phi) is 3.45. The molecule has 1 aromatic heterocycles. The van der Waals surface area contributed by atoms with Gasteiger partial charge in [0, 0.05) is 33.8 Å². The van der Waals surface area contributed by atoms with Gasteiger partial charge in [-0.25, -0.2) is 0 Å². The first kappa shape index (κ1) is 17.7. The van der Waals surface area contributed by atoms with E-state index in [1.54, 1.807) is 0 Å². The van der Waals surface area contributed by atoms with Crippen molar-refractivity contribution in [2.75, 3.05) is 18.3 Å². The molecule has 0 bridgehead atoms. The first-order chi connectivity index (χ1) is 15.1. The van der Waals surface area contributed by atoms with Crippen LogP contribution in [0.4, 0.5) is 5.69 Å². The molecule has 8 nitrogen and oxygen atoms in total. The van der Waals surface area contributed by atoms with E-state index in [0.29, 0.717) is 46.4 Å². The van der Waals surface area contributed by atoms with Crippen molar-refractivity contribution in [1.82, 2.24) is 10.1 Å². The third kappa shape index (κ3) is 2.34. The fourth-order valence-corrected chi connectivity index (χ4v) is 5.29. The topological polar surface area (TPSA) is 90.1 Å². The molecule has 4 heterocycles. The highest BCUT2D eigenvalue weighted by Gasteiger charge is 2.58. The van der Waals surface area contributed by atoms with Crippen molar-refractivity contribution >= 4 is 17.3 Å². The number of halogens is 1. The Morgan fingerprint density at radius 3 is 2.81 bits per heavy atom. The van der Waals surface area contributed by atoms with Crippen molar-refractivity contribution < 1.29 is 23.8 Å². The fourth-order valence-electron chi connectivity index (χ4n) is 4.95. The number of benzene rings is 2. The molecule has 0 saturated heterocycles. The maximum atomic E-state index is 11.7. The first-order valence-corrected chi connectivity index (χ1v) is 10.7. The molecule has 4 aliphatic rings. The van der Waals surface area contributed by atoms with Gasteiger partial charge in [0.1, 0.15) is 24.0 Å². The lowest BCUT2D eigenvalue weighted by atomic mass is 9.76. The highest BCUT2D eigenvalue weighted by Crippen LogP contribution is 2.58. The fraction of sp³-hybridized carbons (Fsp3) is 0.364. The zero-order valence-corrected chi connectivity index (χ0v) is 17.1. The smallest absolute Gasteiger partial charge is 0.231 e. The van der Waals surface area contributed by atoms with Crippen LogP contribution in [-0.2, 0) is 12.0 Å². The Morgan fingerprint density at radius 2 is 1.97 bits per heavy atom. The SMILES string of the molecule is OC1N(Cc2noc(C3CC3)n2)c2cccc(Cl)c2C12COc1cc3c(cc12)OCO3. The van der Waals surface area contributed by atoms with Gasteiger partial charge in [0.05, 0.1) is 6.54 Å². The zero-order valence-electron chi connectivity index (χ0n) is 16.4. The molecule has 7 rings (SSSR count). The van der Waals surface area contributed by atoms with Crippen LogP contribution < -0.4 is 19.1 Å². The van der Waals surface area contributed by atoms with Crippen molar-refractivity contribution in [3.05, 3.63) is 58.2 Å². The molecule has 9 heteroatoms. The molecule has 0 radical (unpaired) electrons. The summed E-state index contributed by atoms with van der Waals surface area (Å²) in [4.78, 5) is 6.41. The minimum atomic E-state index is -0.938. The average molecular weight is 440 g/mol. The van der Waals surface area contributed by atoms with Crippen molar-refractivity contribution in [1.29, 1.82) is 0 Å². The average Bonchev–Trinajstić information content (AvgIpc) is 3.11. The van der Waals surface area contributed by atoms with Crippen LogP contribution in [-0.4, -0.2) is 34.9 Å². The highest BCUT2D eigenvalue weighted by atomic mass is 35.5. The van der Waals surface area contributed by atoms with Crippen LogP contribution in [0.2, 0.25) is 5.02 Å². The number of ether oxygens (including phenoxy) is 3. The summed E-state index contributed by atoms with van der Waals surface area (Å²) in [6.45, 7) is 0.712. The van der Waals surface area contributed by atoms with Gasteiger partial charge >= 0.3 is 0 Å². The molecule has 3 aromatic rings. The Labute approximate surface area is 182 Å². The molecule has 2 unspecified atom stereocenters. The zero-order chi connectivity index (χ0) is 20.7. The summed E-state index contributed by atoms with van der Waals surface area (Å²) in [5.74, 6) is 3.51. The summed E-state index contributed by atoms with van der Waals surface area (Å²) < 4.78 is 22.6. The summed E-state index contributed by atoms with van der Waals surface area (Å²) in [7, 11) is 0. The van der Waals surface area contributed by atoms with Crippen molar-refractivity contribution in [2.24, 2.45) is 0 Å². The van der Waals surface area contributed by atoms with Crippen LogP contribution in [0.1, 0.15) is 41.6 Å². The number of aliphatic hydroxyl groups is 1. The van der Waals surface area contributed by atoms with Crippen LogP contribution >= 0.6 is 11.6 Å². The number of hydrogen-bond acceptors (Lipinski definition) is 8. The number of rotatable bonds is 3. The minimum absolute atomic E-state index is 0.165. The van der Waals surface area contributed by atoms with Crippen LogP contribution in [0.15, 0.2) is 34.9 Å². The molecule has 3 aliphatic heterocycles. The number of nitrogens with zero attached hydrogens (tertiary/aromatic N) is 3. The van der Waals surface area contributed by atoms with E-state index in [1.165, 1.54) is 0 Å². The Morgan fingerprint density at radius 1 is 1.13 bits per heavy atom. The van der Waals surface area contributed by atoms with Gasteiger partial charge in [-0.2, -0.15) is 4.98 Å². The molecular formula is C22H18ClN3O5. The van der Waals surface area contributed by atoms with E-state index in [0.717, 1.165) is 29.7 Å². The summed E-state index contributed by atoms with van der Waals surface area (Å²) in [6.07, 6.45) is 1.23. The van der Waals surface area contributed by atoms with Gasteiger partial charge in [-0.3, -0.25) is 0 Å². The van der Waals surface area contributed by atoms with E-state index in [9.17, 15) is 5.11 Å². The van der Waals surface area contributed by atoms with E-state index < -0.39 is 11.6 Å². The predicted molar refractivity (Wildman–Crippen MR) is 109 cm³/mol. The summed E-state index contributed by atoms with van der Waals surface area (Å²) in [6, 6.07) is 9.38. The summed E-state index contributed by atoms with van der Waals surface area (Å²) >= 11 is 6.71. The maximum absolute atomic E-state index is 11.7. The second kappa shape index (κ2) is 6.05. The Balaban J connectivity index is 1.36. The number of aliphatic hydroxyl groups excluding tert-OH is 1. The molecule has 158 valence electrons. The van der Waals surface area contributed by atoms with E-state index in [-0.39, 0.29) is 13.4 Å². The number of hydrogen-bond donors (Lipinski definition) is 1. The van der Waals surface area contributed by atoms with E-state index in [1.807, 2.05) is 35.2 Å².